The van der Waals surface area contributed by atoms with Crippen molar-refractivity contribution in [2.45, 2.75) is 32.7 Å². The van der Waals surface area contributed by atoms with Crippen molar-refractivity contribution in [1.29, 1.82) is 0 Å². The van der Waals surface area contributed by atoms with Gasteiger partial charge in [-0.25, -0.2) is 0 Å². The number of anilines is 1. The molecule has 5 rings (SSSR count). The Labute approximate surface area is 177 Å². The number of rotatable bonds is 3. The summed E-state index contributed by atoms with van der Waals surface area (Å²) in [7, 11) is 0. The molecule has 0 N–H and O–H groups in total. The lowest BCUT2D eigenvalue weighted by molar-refractivity contribution is -0.119. The second-order valence-corrected chi connectivity index (χ2v) is 8.29. The monoisotopic (exact) mass is 391 g/mol. The van der Waals surface area contributed by atoms with Crippen molar-refractivity contribution in [2.75, 3.05) is 4.90 Å². The molecule has 1 amide bonds. The van der Waals surface area contributed by atoms with Crippen molar-refractivity contribution in [2.24, 2.45) is 0 Å². The third kappa shape index (κ3) is 3.19. The van der Waals surface area contributed by atoms with Crippen LogP contribution in [0.2, 0.25) is 0 Å². The standard InChI is InChI=1S/C28H25NO/c1-19-11-13-22(14-12-19)25-17-27(30)29(18-23-9-4-3-7-20(23)2)26-16-15-21-8-5-6-10-24(21)28(25)26/h3-16,25H,17-18H2,1-2H3. The maximum absolute atomic E-state index is 13.4. The van der Waals surface area contributed by atoms with E-state index in [1.54, 1.807) is 0 Å². The largest absolute Gasteiger partial charge is 0.308 e. The molecule has 1 aliphatic heterocycles. The van der Waals surface area contributed by atoms with Crippen LogP contribution in [0.25, 0.3) is 10.8 Å². The van der Waals surface area contributed by atoms with Gasteiger partial charge in [-0.3, -0.25) is 4.79 Å². The fourth-order valence-electron chi connectivity index (χ4n) is 4.62. The molecule has 30 heavy (non-hydrogen) atoms. The molecule has 148 valence electrons. The van der Waals surface area contributed by atoms with Crippen LogP contribution in [-0.2, 0) is 11.3 Å². The van der Waals surface area contributed by atoms with Gasteiger partial charge in [-0.1, -0.05) is 84.4 Å². The number of aryl methyl sites for hydroxylation is 2. The molecule has 0 aromatic heterocycles. The average molecular weight is 392 g/mol. The van der Waals surface area contributed by atoms with Crippen LogP contribution in [0.3, 0.4) is 0 Å². The molecule has 1 atom stereocenters. The van der Waals surface area contributed by atoms with Crippen LogP contribution in [0.15, 0.2) is 84.9 Å². The van der Waals surface area contributed by atoms with Gasteiger partial charge in [0, 0.05) is 18.0 Å². The Morgan fingerprint density at radius 3 is 2.37 bits per heavy atom. The van der Waals surface area contributed by atoms with E-state index in [0.717, 1.165) is 5.69 Å². The number of hydrogen-bond donors (Lipinski definition) is 0. The number of carbonyl (C=O) groups excluding carboxylic acids is 1. The van der Waals surface area contributed by atoms with E-state index < -0.39 is 0 Å². The van der Waals surface area contributed by atoms with E-state index in [9.17, 15) is 4.79 Å². The first-order chi connectivity index (χ1) is 14.6. The first-order valence-corrected chi connectivity index (χ1v) is 10.5. The Morgan fingerprint density at radius 2 is 1.57 bits per heavy atom. The molecular formula is C28H25NO. The molecule has 1 heterocycles. The van der Waals surface area contributed by atoms with Crippen LogP contribution in [0.4, 0.5) is 5.69 Å². The summed E-state index contributed by atoms with van der Waals surface area (Å²) in [5, 5.41) is 2.46. The third-order valence-electron chi connectivity index (χ3n) is 6.34. The Kier molecular flexibility index (Phi) is 4.63. The number of amides is 1. The van der Waals surface area contributed by atoms with Gasteiger partial charge in [0.2, 0.25) is 5.91 Å². The molecule has 2 nitrogen and oxygen atoms in total. The van der Waals surface area contributed by atoms with Gasteiger partial charge < -0.3 is 4.90 Å². The SMILES string of the molecule is Cc1ccc(C2CC(=O)N(Cc3ccccc3C)c3ccc4ccccc4c32)cc1. The zero-order chi connectivity index (χ0) is 20.7. The van der Waals surface area contributed by atoms with Crippen molar-refractivity contribution < 1.29 is 4.79 Å². The van der Waals surface area contributed by atoms with Crippen LogP contribution in [0.5, 0.6) is 0 Å². The Bertz CT molecular complexity index is 1240. The lowest BCUT2D eigenvalue weighted by Crippen LogP contribution is -2.36. The summed E-state index contributed by atoms with van der Waals surface area (Å²) in [6.45, 7) is 4.82. The summed E-state index contributed by atoms with van der Waals surface area (Å²) in [4.78, 5) is 15.4. The smallest absolute Gasteiger partial charge is 0.228 e. The van der Waals surface area contributed by atoms with Crippen molar-refractivity contribution in [1.82, 2.24) is 0 Å². The highest BCUT2D eigenvalue weighted by molar-refractivity contribution is 6.03. The van der Waals surface area contributed by atoms with Crippen molar-refractivity contribution in [3.05, 3.63) is 113 Å². The van der Waals surface area contributed by atoms with Gasteiger partial charge in [0.25, 0.3) is 0 Å². The molecule has 0 saturated carbocycles. The minimum absolute atomic E-state index is 0.0762. The maximum Gasteiger partial charge on any atom is 0.228 e. The summed E-state index contributed by atoms with van der Waals surface area (Å²) in [5.41, 5.74) is 7.17. The maximum atomic E-state index is 13.4. The van der Waals surface area contributed by atoms with E-state index in [1.165, 1.54) is 38.6 Å². The highest BCUT2D eigenvalue weighted by Gasteiger charge is 2.33. The fraction of sp³-hybridized carbons (Fsp3) is 0.179. The predicted molar refractivity (Wildman–Crippen MR) is 124 cm³/mol. The molecule has 0 spiro atoms. The molecule has 0 fully saturated rings. The van der Waals surface area contributed by atoms with Crippen LogP contribution in [0, 0.1) is 13.8 Å². The lowest BCUT2D eigenvalue weighted by atomic mass is 9.81. The molecule has 4 aromatic carbocycles. The predicted octanol–water partition coefficient (Wildman–Crippen LogP) is 6.53. The van der Waals surface area contributed by atoms with E-state index in [2.05, 4.69) is 86.6 Å². The summed E-state index contributed by atoms with van der Waals surface area (Å²) in [6.07, 6.45) is 0.496. The Balaban J connectivity index is 1.69. The first kappa shape index (κ1) is 18.6. The van der Waals surface area contributed by atoms with Crippen molar-refractivity contribution in [3.63, 3.8) is 0 Å². The van der Waals surface area contributed by atoms with E-state index in [-0.39, 0.29) is 11.8 Å². The number of hydrogen-bond acceptors (Lipinski definition) is 1. The molecule has 4 aromatic rings. The van der Waals surface area contributed by atoms with Gasteiger partial charge in [-0.2, -0.15) is 0 Å². The van der Waals surface area contributed by atoms with Crippen LogP contribution >= 0.6 is 0 Å². The van der Waals surface area contributed by atoms with Gasteiger partial charge >= 0.3 is 0 Å². The quantitative estimate of drug-likeness (QED) is 0.389. The van der Waals surface area contributed by atoms with Crippen LogP contribution < -0.4 is 4.90 Å². The van der Waals surface area contributed by atoms with Gasteiger partial charge in [-0.05, 0) is 52.9 Å². The number of carbonyl (C=O) groups is 1. The lowest BCUT2D eigenvalue weighted by Gasteiger charge is -2.35. The summed E-state index contributed by atoms with van der Waals surface area (Å²) >= 11 is 0. The Morgan fingerprint density at radius 1 is 0.833 bits per heavy atom. The molecule has 0 saturated heterocycles. The summed E-state index contributed by atoms with van der Waals surface area (Å²) in [6, 6.07) is 29.8. The third-order valence-corrected chi connectivity index (χ3v) is 6.34. The summed E-state index contributed by atoms with van der Waals surface area (Å²) < 4.78 is 0. The van der Waals surface area contributed by atoms with Crippen molar-refractivity contribution in [3.8, 4) is 0 Å². The molecule has 0 radical (unpaired) electrons. The zero-order valence-electron chi connectivity index (χ0n) is 17.4. The average Bonchev–Trinajstić information content (AvgIpc) is 2.77. The van der Waals surface area contributed by atoms with Crippen LogP contribution in [-0.4, -0.2) is 5.91 Å². The van der Waals surface area contributed by atoms with Crippen LogP contribution in [0.1, 0.15) is 40.2 Å². The molecule has 2 heteroatoms. The first-order valence-electron chi connectivity index (χ1n) is 10.5. The second-order valence-electron chi connectivity index (χ2n) is 8.29. The van der Waals surface area contributed by atoms with Crippen molar-refractivity contribution >= 4 is 22.4 Å². The van der Waals surface area contributed by atoms with Gasteiger partial charge in [0.1, 0.15) is 0 Å². The molecule has 1 aliphatic rings. The molecule has 0 aliphatic carbocycles. The Hall–Kier alpha value is -3.39. The number of fused-ring (bicyclic) bond motifs is 3. The molecule has 1 unspecified atom stereocenters. The highest BCUT2D eigenvalue weighted by atomic mass is 16.2. The number of benzene rings is 4. The van der Waals surface area contributed by atoms with Gasteiger partial charge in [-0.15, -0.1) is 0 Å². The van der Waals surface area contributed by atoms with Gasteiger partial charge in [0.15, 0.2) is 0 Å². The van der Waals surface area contributed by atoms with E-state index in [0.29, 0.717) is 13.0 Å². The molecule has 0 bridgehead atoms. The second kappa shape index (κ2) is 7.46. The van der Waals surface area contributed by atoms with Gasteiger partial charge in [0.05, 0.1) is 6.54 Å². The minimum Gasteiger partial charge on any atom is -0.308 e. The molecular weight excluding hydrogens is 366 g/mol. The normalized spacial score (nSPS) is 16.0. The van der Waals surface area contributed by atoms with E-state index in [4.69, 9.17) is 0 Å². The van der Waals surface area contributed by atoms with E-state index >= 15 is 0 Å². The number of nitrogens with zero attached hydrogens (tertiary/aromatic N) is 1. The minimum atomic E-state index is 0.0762. The highest BCUT2D eigenvalue weighted by Crippen LogP contribution is 2.44. The fourth-order valence-corrected chi connectivity index (χ4v) is 4.62. The summed E-state index contributed by atoms with van der Waals surface area (Å²) in [5.74, 6) is 0.263. The zero-order valence-corrected chi connectivity index (χ0v) is 17.4. The topological polar surface area (TPSA) is 20.3 Å². The van der Waals surface area contributed by atoms with E-state index in [1.807, 2.05) is 17.0 Å².